The van der Waals surface area contributed by atoms with Gasteiger partial charge < -0.3 is 5.32 Å². The molecule has 0 radical (unpaired) electrons. The molecular formula is C13H20N4S. The highest BCUT2D eigenvalue weighted by atomic mass is 32.2. The third kappa shape index (κ3) is 2.71. The van der Waals surface area contributed by atoms with Crippen LogP contribution in [-0.4, -0.2) is 32.8 Å². The number of nitrogens with zero attached hydrogens (tertiary/aromatic N) is 3. The van der Waals surface area contributed by atoms with Crippen LogP contribution < -0.4 is 5.32 Å². The summed E-state index contributed by atoms with van der Waals surface area (Å²) in [5.74, 6) is 1.20. The van der Waals surface area contributed by atoms with Crippen LogP contribution in [0.3, 0.4) is 0 Å². The van der Waals surface area contributed by atoms with Crippen LogP contribution in [0.5, 0.6) is 0 Å². The lowest BCUT2D eigenvalue weighted by Gasteiger charge is -2.32. The molecule has 1 spiro atoms. The largest absolute Gasteiger partial charge is 0.359 e. The van der Waals surface area contributed by atoms with Gasteiger partial charge in [0.05, 0.1) is 13.1 Å². The normalized spacial score (nSPS) is 24.6. The first-order valence-electron chi connectivity index (χ1n) is 6.79. The highest BCUT2D eigenvalue weighted by Gasteiger charge is 2.37. The molecule has 0 amide bonds. The lowest BCUT2D eigenvalue weighted by atomic mass is 9.83. The van der Waals surface area contributed by atoms with Crippen molar-refractivity contribution < 1.29 is 0 Å². The van der Waals surface area contributed by atoms with Crippen LogP contribution in [0.25, 0.3) is 0 Å². The summed E-state index contributed by atoms with van der Waals surface area (Å²) in [5.41, 5.74) is 0.369. The summed E-state index contributed by atoms with van der Waals surface area (Å²) in [6.07, 6.45) is 10.6. The van der Waals surface area contributed by atoms with Gasteiger partial charge in [-0.1, -0.05) is 31.0 Å². The molecule has 0 bridgehead atoms. The van der Waals surface area contributed by atoms with Gasteiger partial charge in [0, 0.05) is 23.7 Å². The number of hydrogen-bond acceptors (Lipinski definition) is 3. The molecular weight excluding hydrogens is 244 g/mol. The van der Waals surface area contributed by atoms with E-state index in [0.29, 0.717) is 5.54 Å². The Labute approximate surface area is 112 Å². The fraction of sp³-hybridized carbons (Fsp3) is 0.692. The molecule has 2 heterocycles. The Bertz CT molecular complexity index is 407. The van der Waals surface area contributed by atoms with E-state index in [1.165, 1.54) is 37.9 Å². The summed E-state index contributed by atoms with van der Waals surface area (Å²) in [6.45, 7) is 1.68. The van der Waals surface area contributed by atoms with E-state index in [2.05, 4.69) is 15.4 Å². The van der Waals surface area contributed by atoms with Gasteiger partial charge in [-0.3, -0.25) is 9.67 Å². The van der Waals surface area contributed by atoms with Crippen molar-refractivity contribution >= 4 is 16.9 Å². The van der Waals surface area contributed by atoms with Crippen molar-refractivity contribution in [1.29, 1.82) is 0 Å². The minimum Gasteiger partial charge on any atom is -0.359 e. The number of aliphatic imine (C=N–C) groups is 1. The van der Waals surface area contributed by atoms with Crippen LogP contribution in [-0.2, 0) is 6.54 Å². The third-order valence-electron chi connectivity index (χ3n) is 3.81. The molecule has 1 aliphatic heterocycles. The molecule has 1 saturated carbocycles. The Kier molecular flexibility index (Phi) is 3.59. The summed E-state index contributed by atoms with van der Waals surface area (Å²) >= 11 is 1.89. The van der Waals surface area contributed by atoms with Gasteiger partial charge in [-0.2, -0.15) is 5.10 Å². The maximum Gasteiger partial charge on any atom is 0.157 e. The van der Waals surface area contributed by atoms with Crippen molar-refractivity contribution in [3.05, 3.63) is 18.5 Å². The Morgan fingerprint density at radius 2 is 2.28 bits per heavy atom. The molecule has 1 aromatic heterocycles. The first kappa shape index (κ1) is 12.1. The summed E-state index contributed by atoms with van der Waals surface area (Å²) < 4.78 is 1.93. The quantitative estimate of drug-likeness (QED) is 0.910. The van der Waals surface area contributed by atoms with Crippen molar-refractivity contribution in [2.75, 3.05) is 12.3 Å². The molecule has 1 N–H and O–H groups in total. The molecule has 2 fully saturated rings. The summed E-state index contributed by atoms with van der Waals surface area (Å²) in [5, 5.41) is 9.00. The number of amidine groups is 1. The van der Waals surface area contributed by atoms with Crippen molar-refractivity contribution in [2.24, 2.45) is 4.99 Å². The van der Waals surface area contributed by atoms with Crippen molar-refractivity contribution in [1.82, 2.24) is 15.1 Å². The molecule has 1 aliphatic carbocycles. The van der Waals surface area contributed by atoms with E-state index in [4.69, 9.17) is 0 Å². The monoisotopic (exact) mass is 264 g/mol. The van der Waals surface area contributed by atoms with Gasteiger partial charge >= 0.3 is 0 Å². The Morgan fingerprint density at radius 1 is 1.39 bits per heavy atom. The Morgan fingerprint density at radius 3 is 3.06 bits per heavy atom. The van der Waals surface area contributed by atoms with Crippen LogP contribution >= 0.6 is 11.8 Å². The van der Waals surface area contributed by atoms with Gasteiger partial charge in [-0.15, -0.1) is 0 Å². The lowest BCUT2D eigenvalue weighted by Crippen LogP contribution is -2.45. The second-order valence-corrected chi connectivity index (χ2v) is 6.17. The zero-order chi connectivity index (χ0) is 12.3. The summed E-state index contributed by atoms with van der Waals surface area (Å²) in [4.78, 5) is 4.66. The molecule has 0 atom stereocenters. The molecule has 4 nitrogen and oxygen atoms in total. The highest BCUT2D eigenvalue weighted by molar-refractivity contribution is 8.14. The van der Waals surface area contributed by atoms with Crippen LogP contribution in [0.4, 0.5) is 0 Å². The SMILES string of the molecule is c1cnn(CCN=C2NC3(CCCCC3)CS2)c1. The van der Waals surface area contributed by atoms with Crippen molar-refractivity contribution in [2.45, 2.75) is 44.2 Å². The van der Waals surface area contributed by atoms with Crippen LogP contribution in [0.1, 0.15) is 32.1 Å². The number of thioether (sulfide) groups is 1. The lowest BCUT2D eigenvalue weighted by molar-refractivity contribution is 0.303. The number of hydrogen-bond donors (Lipinski definition) is 1. The predicted octanol–water partition coefficient (Wildman–Crippen LogP) is 2.28. The van der Waals surface area contributed by atoms with Gasteiger partial charge in [0.2, 0.25) is 0 Å². The third-order valence-corrected chi connectivity index (χ3v) is 5.01. The summed E-state index contributed by atoms with van der Waals surface area (Å²) in [7, 11) is 0. The zero-order valence-corrected chi connectivity index (χ0v) is 11.5. The van der Waals surface area contributed by atoms with Crippen LogP contribution in [0.2, 0.25) is 0 Å². The van der Waals surface area contributed by atoms with Crippen LogP contribution in [0, 0.1) is 0 Å². The van der Waals surface area contributed by atoms with Crippen molar-refractivity contribution in [3.63, 3.8) is 0 Å². The zero-order valence-electron chi connectivity index (χ0n) is 10.6. The molecule has 1 saturated heterocycles. The van der Waals surface area contributed by atoms with E-state index in [-0.39, 0.29) is 0 Å². The average Bonchev–Trinajstić information content (AvgIpc) is 3.02. The van der Waals surface area contributed by atoms with E-state index >= 15 is 0 Å². The van der Waals surface area contributed by atoms with E-state index in [0.717, 1.165) is 18.3 Å². The van der Waals surface area contributed by atoms with Gasteiger partial charge in [0.15, 0.2) is 5.17 Å². The molecule has 98 valence electrons. The topological polar surface area (TPSA) is 42.2 Å². The van der Waals surface area contributed by atoms with Gasteiger partial charge in [0.25, 0.3) is 0 Å². The molecule has 0 aromatic carbocycles. The van der Waals surface area contributed by atoms with E-state index in [9.17, 15) is 0 Å². The first-order valence-corrected chi connectivity index (χ1v) is 7.78. The fourth-order valence-corrected chi connectivity index (χ4v) is 4.02. The molecule has 0 unspecified atom stereocenters. The van der Waals surface area contributed by atoms with Crippen LogP contribution in [0.15, 0.2) is 23.5 Å². The van der Waals surface area contributed by atoms with Gasteiger partial charge in [-0.25, -0.2) is 0 Å². The Balaban J connectivity index is 1.51. The maximum atomic E-state index is 4.66. The smallest absolute Gasteiger partial charge is 0.157 e. The van der Waals surface area contributed by atoms with Gasteiger partial charge in [-0.05, 0) is 18.9 Å². The molecule has 3 rings (SSSR count). The number of rotatable bonds is 3. The minimum absolute atomic E-state index is 0.369. The van der Waals surface area contributed by atoms with Crippen molar-refractivity contribution in [3.8, 4) is 0 Å². The second kappa shape index (κ2) is 5.34. The van der Waals surface area contributed by atoms with E-state index in [1.807, 2.05) is 34.9 Å². The fourth-order valence-electron chi connectivity index (χ4n) is 2.78. The minimum atomic E-state index is 0.369. The van der Waals surface area contributed by atoms with E-state index < -0.39 is 0 Å². The molecule has 2 aliphatic rings. The molecule has 1 aromatic rings. The Hall–Kier alpha value is -0.970. The number of aromatic nitrogens is 2. The highest BCUT2D eigenvalue weighted by Crippen LogP contribution is 2.35. The second-order valence-electron chi connectivity index (χ2n) is 5.21. The first-order chi connectivity index (χ1) is 8.86. The summed E-state index contributed by atoms with van der Waals surface area (Å²) in [6, 6.07) is 1.95. The number of nitrogens with one attached hydrogen (secondary N) is 1. The van der Waals surface area contributed by atoms with Gasteiger partial charge in [0.1, 0.15) is 0 Å². The average molecular weight is 264 g/mol. The van der Waals surface area contributed by atoms with E-state index in [1.54, 1.807) is 0 Å². The predicted molar refractivity (Wildman–Crippen MR) is 75.9 cm³/mol. The standard InChI is InChI=1S/C13H20N4S/c1-2-5-13(6-3-1)11-18-12(16-13)14-8-10-17-9-4-7-15-17/h4,7,9H,1-3,5-6,8,10-11H2,(H,14,16). The molecule has 18 heavy (non-hydrogen) atoms. The molecule has 5 heteroatoms. The maximum absolute atomic E-state index is 4.66.